The maximum atomic E-state index is 10.1. The molecule has 0 saturated heterocycles. The average Bonchev–Trinajstić information content (AvgIpc) is 2.12. The minimum absolute atomic E-state index is 0.199. The zero-order chi connectivity index (χ0) is 5.98. The molecule has 0 aromatic carbocycles. The Hall–Kier alpha value is -1.06. The summed E-state index contributed by atoms with van der Waals surface area (Å²) in [5.41, 5.74) is 6.54. The van der Waals surface area contributed by atoms with Gasteiger partial charge < -0.3 is 5.32 Å². The Kier molecular flexibility index (Phi) is 1.15. The lowest BCUT2D eigenvalue weighted by molar-refractivity contribution is -0.112. The summed E-state index contributed by atoms with van der Waals surface area (Å²) in [5, 5.41) is 2.67. The largest absolute Gasteiger partial charge is 0.364 e. The molecule has 0 bridgehead atoms. The highest BCUT2D eigenvalue weighted by Crippen LogP contribution is 1.82. The first-order valence-corrected chi connectivity index (χ1v) is 2.35. The fourth-order valence-corrected chi connectivity index (χ4v) is 0.550. The number of carbonyl (C=O) groups excluding carboxylic acids is 1. The minimum Gasteiger partial charge on any atom is -0.364 e. The molecule has 4 nitrogen and oxygen atoms in total. The van der Waals surface area contributed by atoms with Crippen molar-refractivity contribution in [2.24, 2.45) is 4.99 Å². The van der Waals surface area contributed by atoms with Gasteiger partial charge in [-0.15, -0.1) is 0 Å². The monoisotopic (exact) mass is 112 g/mol. The topological polar surface area (TPSA) is 65.3 Å². The summed E-state index contributed by atoms with van der Waals surface area (Å²) < 4.78 is 0. The molecule has 4 heteroatoms. The van der Waals surface area contributed by atoms with Gasteiger partial charge in [-0.05, 0) is 0 Å². The summed E-state index contributed by atoms with van der Waals surface area (Å²) in [4.78, 5) is 13.8. The van der Waals surface area contributed by atoms with E-state index >= 15 is 0 Å². The minimum atomic E-state index is -0.720. The SMILES string of the molecule is [NH]C(=O)C1=NCCN1. The van der Waals surface area contributed by atoms with Crippen molar-refractivity contribution >= 4 is 11.7 Å². The van der Waals surface area contributed by atoms with E-state index < -0.39 is 5.91 Å². The van der Waals surface area contributed by atoms with E-state index in [0.717, 1.165) is 0 Å². The van der Waals surface area contributed by atoms with Gasteiger partial charge in [0, 0.05) is 6.54 Å². The van der Waals surface area contributed by atoms with Gasteiger partial charge in [0.25, 0.3) is 0 Å². The number of aliphatic imine (C=N–C) groups is 1. The van der Waals surface area contributed by atoms with Crippen LogP contribution in [0.5, 0.6) is 0 Å². The van der Waals surface area contributed by atoms with Gasteiger partial charge in [-0.2, -0.15) is 0 Å². The number of rotatable bonds is 1. The highest BCUT2D eigenvalue weighted by atomic mass is 16.1. The molecule has 1 heterocycles. The van der Waals surface area contributed by atoms with E-state index in [-0.39, 0.29) is 5.84 Å². The maximum Gasteiger partial charge on any atom is 0.304 e. The number of amidine groups is 1. The van der Waals surface area contributed by atoms with Crippen LogP contribution in [0.15, 0.2) is 4.99 Å². The van der Waals surface area contributed by atoms with Crippen LogP contribution in [0.2, 0.25) is 0 Å². The lowest BCUT2D eigenvalue weighted by Gasteiger charge is -1.89. The van der Waals surface area contributed by atoms with E-state index in [1.807, 2.05) is 0 Å². The second kappa shape index (κ2) is 1.81. The molecule has 43 valence electrons. The van der Waals surface area contributed by atoms with Crippen LogP contribution < -0.4 is 11.1 Å². The molecule has 1 aliphatic heterocycles. The fourth-order valence-electron chi connectivity index (χ4n) is 0.550. The number of carbonyl (C=O) groups is 1. The van der Waals surface area contributed by atoms with Crippen molar-refractivity contribution in [1.82, 2.24) is 11.1 Å². The van der Waals surface area contributed by atoms with Crippen molar-refractivity contribution in [2.75, 3.05) is 13.1 Å². The van der Waals surface area contributed by atoms with Crippen LogP contribution in [0, 0.1) is 0 Å². The zero-order valence-corrected chi connectivity index (χ0v) is 4.27. The number of nitrogens with one attached hydrogen (secondary N) is 2. The van der Waals surface area contributed by atoms with Crippen LogP contribution >= 0.6 is 0 Å². The molecule has 0 aromatic rings. The van der Waals surface area contributed by atoms with E-state index in [1.54, 1.807) is 0 Å². The fraction of sp³-hybridized carbons (Fsp3) is 0.500. The van der Waals surface area contributed by atoms with Crippen molar-refractivity contribution in [3.8, 4) is 0 Å². The quantitative estimate of drug-likeness (QED) is 0.463. The Morgan fingerprint density at radius 2 is 2.62 bits per heavy atom. The van der Waals surface area contributed by atoms with E-state index in [2.05, 4.69) is 10.3 Å². The second-order valence-electron chi connectivity index (χ2n) is 1.49. The molecule has 0 unspecified atom stereocenters. The van der Waals surface area contributed by atoms with E-state index in [9.17, 15) is 4.79 Å². The Morgan fingerprint density at radius 1 is 1.88 bits per heavy atom. The summed E-state index contributed by atoms with van der Waals surface area (Å²) in [7, 11) is 0. The Morgan fingerprint density at radius 3 is 2.88 bits per heavy atom. The van der Waals surface area contributed by atoms with E-state index in [0.29, 0.717) is 13.1 Å². The summed E-state index contributed by atoms with van der Waals surface area (Å²) >= 11 is 0. The van der Waals surface area contributed by atoms with Gasteiger partial charge in [-0.1, -0.05) is 0 Å². The van der Waals surface area contributed by atoms with Crippen molar-refractivity contribution in [3.63, 3.8) is 0 Å². The molecule has 0 aromatic heterocycles. The first-order chi connectivity index (χ1) is 3.80. The second-order valence-corrected chi connectivity index (χ2v) is 1.49. The van der Waals surface area contributed by atoms with Crippen LogP contribution in [0.25, 0.3) is 0 Å². The summed E-state index contributed by atoms with van der Waals surface area (Å²) in [6, 6.07) is 0. The van der Waals surface area contributed by atoms with E-state index in [4.69, 9.17) is 5.73 Å². The van der Waals surface area contributed by atoms with Gasteiger partial charge in [0.15, 0.2) is 5.84 Å². The number of hydrogen-bond acceptors (Lipinski definition) is 3. The molecule has 0 aliphatic carbocycles. The van der Waals surface area contributed by atoms with Gasteiger partial charge in [-0.3, -0.25) is 15.5 Å². The zero-order valence-electron chi connectivity index (χ0n) is 4.27. The normalized spacial score (nSPS) is 17.2. The Bertz CT molecular complexity index is 140. The third kappa shape index (κ3) is 0.776. The maximum absolute atomic E-state index is 10.1. The van der Waals surface area contributed by atoms with Crippen LogP contribution in [-0.4, -0.2) is 24.8 Å². The van der Waals surface area contributed by atoms with Gasteiger partial charge in [-0.25, -0.2) is 0 Å². The highest BCUT2D eigenvalue weighted by Gasteiger charge is 2.09. The molecule has 1 rings (SSSR count). The van der Waals surface area contributed by atoms with Crippen LogP contribution in [0.3, 0.4) is 0 Å². The van der Waals surface area contributed by atoms with Crippen LogP contribution in [0.1, 0.15) is 0 Å². The molecular weight excluding hydrogens is 106 g/mol. The summed E-state index contributed by atoms with van der Waals surface area (Å²) in [6.45, 7) is 1.32. The molecule has 2 N–H and O–H groups in total. The van der Waals surface area contributed by atoms with Crippen molar-refractivity contribution in [2.45, 2.75) is 0 Å². The molecule has 0 spiro atoms. The number of hydrogen-bond donors (Lipinski definition) is 1. The third-order valence-electron chi connectivity index (χ3n) is 0.889. The average molecular weight is 112 g/mol. The molecule has 0 fully saturated rings. The first kappa shape index (κ1) is 5.08. The molecule has 1 aliphatic rings. The standard InChI is InChI=1S/C4H6N3O/c5-3(8)4-6-1-2-7-4/h5H,1-2H2,(H,6,7). The van der Waals surface area contributed by atoms with E-state index in [1.165, 1.54) is 0 Å². The lowest BCUT2D eigenvalue weighted by Crippen LogP contribution is -2.27. The van der Waals surface area contributed by atoms with Gasteiger partial charge in [0.1, 0.15) is 0 Å². The molecule has 0 saturated carbocycles. The molecular formula is C4H6N3O. The predicted molar refractivity (Wildman–Crippen MR) is 28.4 cm³/mol. The third-order valence-corrected chi connectivity index (χ3v) is 0.889. The van der Waals surface area contributed by atoms with Crippen molar-refractivity contribution in [3.05, 3.63) is 0 Å². The summed E-state index contributed by atoms with van der Waals surface area (Å²) in [6.07, 6.45) is 0. The van der Waals surface area contributed by atoms with Gasteiger partial charge in [0.2, 0.25) is 0 Å². The lowest BCUT2D eigenvalue weighted by atomic mass is 10.6. The predicted octanol–water partition coefficient (Wildman–Crippen LogP) is -1.20. The molecule has 8 heavy (non-hydrogen) atoms. The van der Waals surface area contributed by atoms with Crippen molar-refractivity contribution < 1.29 is 4.79 Å². The van der Waals surface area contributed by atoms with Crippen LogP contribution in [0.4, 0.5) is 0 Å². The highest BCUT2D eigenvalue weighted by molar-refractivity contribution is 6.37. The number of amides is 1. The first-order valence-electron chi connectivity index (χ1n) is 2.35. The van der Waals surface area contributed by atoms with Crippen LogP contribution in [-0.2, 0) is 4.79 Å². The summed E-state index contributed by atoms with van der Waals surface area (Å²) in [5.74, 6) is -0.521. The molecule has 1 amide bonds. The van der Waals surface area contributed by atoms with Gasteiger partial charge in [0.05, 0.1) is 6.54 Å². The Labute approximate surface area is 46.8 Å². The smallest absolute Gasteiger partial charge is 0.304 e. The molecule has 1 radical (unpaired) electrons. The van der Waals surface area contributed by atoms with Gasteiger partial charge >= 0.3 is 5.91 Å². The molecule has 0 atom stereocenters. The Balaban J connectivity index is 2.57. The number of nitrogens with zero attached hydrogens (tertiary/aromatic N) is 1. The van der Waals surface area contributed by atoms with Crippen molar-refractivity contribution in [1.29, 1.82) is 0 Å².